The predicted octanol–water partition coefficient (Wildman–Crippen LogP) is 3.94. The molecule has 0 saturated carbocycles. The van der Waals surface area contributed by atoms with Gasteiger partial charge in [0.25, 0.3) is 0 Å². The first-order chi connectivity index (χ1) is 12.0. The minimum absolute atomic E-state index is 0.137. The molecule has 1 unspecified atom stereocenters. The van der Waals surface area contributed by atoms with Crippen molar-refractivity contribution in [2.45, 2.75) is 23.9 Å². The highest BCUT2D eigenvalue weighted by atomic mass is 79.9. The first kappa shape index (κ1) is 17.7. The van der Waals surface area contributed by atoms with Crippen LogP contribution in [0.25, 0.3) is 0 Å². The van der Waals surface area contributed by atoms with Gasteiger partial charge in [0.15, 0.2) is 5.16 Å². The topological polar surface area (TPSA) is 73.0 Å². The van der Waals surface area contributed by atoms with E-state index in [2.05, 4.69) is 31.4 Å². The first-order valence-electron chi connectivity index (χ1n) is 7.35. The van der Waals surface area contributed by atoms with Crippen LogP contribution in [-0.4, -0.2) is 25.9 Å². The summed E-state index contributed by atoms with van der Waals surface area (Å²) in [6.07, 6.45) is 3.17. The lowest BCUT2D eigenvalue weighted by molar-refractivity contribution is -0.115. The van der Waals surface area contributed by atoms with E-state index in [1.54, 1.807) is 36.2 Å². The number of aromatic nitrogens is 3. The molecule has 0 aliphatic rings. The zero-order valence-corrected chi connectivity index (χ0v) is 15.6. The van der Waals surface area contributed by atoms with Crippen LogP contribution >= 0.6 is 27.7 Å². The van der Waals surface area contributed by atoms with E-state index >= 15 is 0 Å². The lowest BCUT2D eigenvalue weighted by Crippen LogP contribution is -2.23. The van der Waals surface area contributed by atoms with Gasteiger partial charge in [-0.05, 0) is 37.3 Å². The molecule has 1 atom stereocenters. The quantitative estimate of drug-likeness (QED) is 0.606. The molecule has 1 N–H and O–H groups in total. The molecule has 2 heterocycles. The molecule has 0 radical (unpaired) electrons. The number of amides is 1. The molecule has 0 aliphatic heterocycles. The first-order valence-corrected chi connectivity index (χ1v) is 9.03. The molecular weight excluding hydrogens is 411 g/mol. The Bertz CT molecular complexity index is 869. The largest absolute Gasteiger partial charge is 0.467 e. The van der Waals surface area contributed by atoms with Crippen LogP contribution in [0.15, 0.2) is 57.0 Å². The standard InChI is InChI=1S/C16H14BrFN4O2S/c1-10(15(23)20-14-5-4-11(17)7-13(14)18)25-16-21-19-9-22(16)8-12-3-2-6-24-12/h2-7,9-10H,8H2,1H3,(H,20,23). The second-order valence-electron chi connectivity index (χ2n) is 5.19. The number of rotatable bonds is 6. The fourth-order valence-corrected chi connectivity index (χ4v) is 3.21. The summed E-state index contributed by atoms with van der Waals surface area (Å²) in [5, 5.41) is 10.6. The molecule has 0 saturated heterocycles. The Balaban J connectivity index is 1.65. The summed E-state index contributed by atoms with van der Waals surface area (Å²) >= 11 is 4.42. The van der Waals surface area contributed by atoms with Crippen molar-refractivity contribution in [2.24, 2.45) is 0 Å². The summed E-state index contributed by atoms with van der Waals surface area (Å²) in [5.74, 6) is -0.0598. The van der Waals surface area contributed by atoms with E-state index in [0.29, 0.717) is 16.2 Å². The third kappa shape index (κ3) is 4.49. The number of benzene rings is 1. The van der Waals surface area contributed by atoms with Crippen LogP contribution in [0.5, 0.6) is 0 Å². The zero-order valence-electron chi connectivity index (χ0n) is 13.1. The van der Waals surface area contributed by atoms with Crippen LogP contribution in [-0.2, 0) is 11.3 Å². The maximum atomic E-state index is 13.8. The summed E-state index contributed by atoms with van der Waals surface area (Å²) in [4.78, 5) is 12.3. The third-order valence-corrected chi connectivity index (χ3v) is 4.91. The monoisotopic (exact) mass is 424 g/mol. The third-order valence-electron chi connectivity index (χ3n) is 3.33. The number of furan rings is 1. The summed E-state index contributed by atoms with van der Waals surface area (Å²) in [6, 6.07) is 8.12. The van der Waals surface area contributed by atoms with Crippen LogP contribution in [0.2, 0.25) is 0 Å². The van der Waals surface area contributed by atoms with E-state index in [0.717, 1.165) is 5.76 Å². The van der Waals surface area contributed by atoms with Crippen molar-refractivity contribution < 1.29 is 13.6 Å². The Hall–Kier alpha value is -2.13. The van der Waals surface area contributed by atoms with Gasteiger partial charge in [-0.15, -0.1) is 10.2 Å². The average molecular weight is 425 g/mol. The molecular formula is C16H14BrFN4O2S. The van der Waals surface area contributed by atoms with Crippen LogP contribution in [0.4, 0.5) is 10.1 Å². The van der Waals surface area contributed by atoms with Crippen LogP contribution < -0.4 is 5.32 Å². The van der Waals surface area contributed by atoms with E-state index in [1.807, 2.05) is 6.07 Å². The van der Waals surface area contributed by atoms with Crippen LogP contribution in [0.1, 0.15) is 12.7 Å². The molecule has 2 aromatic heterocycles. The molecule has 0 fully saturated rings. The van der Waals surface area contributed by atoms with Gasteiger partial charge < -0.3 is 14.3 Å². The van der Waals surface area contributed by atoms with Crippen molar-refractivity contribution in [1.82, 2.24) is 14.8 Å². The molecule has 0 aliphatic carbocycles. The van der Waals surface area contributed by atoms with Crippen LogP contribution in [0.3, 0.4) is 0 Å². The van der Waals surface area contributed by atoms with Crippen LogP contribution in [0, 0.1) is 5.82 Å². The van der Waals surface area contributed by atoms with Crippen molar-refractivity contribution in [1.29, 1.82) is 0 Å². The number of carbonyl (C=O) groups excluding carboxylic acids is 1. The Morgan fingerprint density at radius 3 is 3.04 bits per heavy atom. The molecule has 3 aromatic rings. The highest BCUT2D eigenvalue weighted by Crippen LogP contribution is 2.24. The highest BCUT2D eigenvalue weighted by Gasteiger charge is 2.19. The number of anilines is 1. The van der Waals surface area contributed by atoms with E-state index in [4.69, 9.17) is 4.42 Å². The number of nitrogens with one attached hydrogen (secondary N) is 1. The molecule has 130 valence electrons. The number of halogens is 2. The van der Waals surface area contributed by atoms with Gasteiger partial charge >= 0.3 is 0 Å². The molecule has 0 spiro atoms. The van der Waals surface area contributed by atoms with Gasteiger partial charge in [0.2, 0.25) is 5.91 Å². The number of hydrogen-bond acceptors (Lipinski definition) is 5. The lowest BCUT2D eigenvalue weighted by atomic mass is 10.3. The second-order valence-corrected chi connectivity index (χ2v) is 7.42. The van der Waals surface area contributed by atoms with Gasteiger partial charge in [-0.1, -0.05) is 27.7 Å². The van der Waals surface area contributed by atoms with Crippen molar-refractivity contribution in [3.63, 3.8) is 0 Å². The maximum absolute atomic E-state index is 13.8. The summed E-state index contributed by atoms with van der Waals surface area (Å²) in [7, 11) is 0. The van der Waals surface area contributed by atoms with Crippen molar-refractivity contribution in [3.05, 3.63) is 59.0 Å². The fraction of sp³-hybridized carbons (Fsp3) is 0.188. The molecule has 0 bridgehead atoms. The molecule has 3 rings (SSSR count). The average Bonchev–Trinajstić information content (AvgIpc) is 3.23. The smallest absolute Gasteiger partial charge is 0.237 e. The number of hydrogen-bond donors (Lipinski definition) is 1. The van der Waals surface area contributed by atoms with Gasteiger partial charge in [0.1, 0.15) is 17.9 Å². The van der Waals surface area contributed by atoms with Gasteiger partial charge in [-0.3, -0.25) is 4.79 Å². The Labute approximate surface area is 155 Å². The highest BCUT2D eigenvalue weighted by molar-refractivity contribution is 9.10. The molecule has 1 aromatic carbocycles. The van der Waals surface area contributed by atoms with E-state index < -0.39 is 11.1 Å². The van der Waals surface area contributed by atoms with Gasteiger partial charge in [0, 0.05) is 4.47 Å². The minimum atomic E-state index is -0.499. The Morgan fingerprint density at radius 2 is 2.32 bits per heavy atom. The summed E-state index contributed by atoms with van der Waals surface area (Å²) in [6.45, 7) is 2.20. The summed E-state index contributed by atoms with van der Waals surface area (Å²) in [5.41, 5.74) is 0.137. The lowest BCUT2D eigenvalue weighted by Gasteiger charge is -2.12. The summed E-state index contributed by atoms with van der Waals surface area (Å²) < 4.78 is 21.5. The van der Waals surface area contributed by atoms with Crippen molar-refractivity contribution in [2.75, 3.05) is 5.32 Å². The van der Waals surface area contributed by atoms with Gasteiger partial charge in [-0.2, -0.15) is 0 Å². The van der Waals surface area contributed by atoms with E-state index in [-0.39, 0.29) is 11.6 Å². The van der Waals surface area contributed by atoms with Crippen molar-refractivity contribution in [3.8, 4) is 0 Å². The SMILES string of the molecule is CC(Sc1nncn1Cc1ccco1)C(=O)Nc1ccc(Br)cc1F. The van der Waals surface area contributed by atoms with Gasteiger partial charge in [0.05, 0.1) is 23.7 Å². The van der Waals surface area contributed by atoms with E-state index in [1.165, 1.54) is 23.9 Å². The molecule has 9 heteroatoms. The zero-order chi connectivity index (χ0) is 17.8. The molecule has 1 amide bonds. The predicted molar refractivity (Wildman–Crippen MR) is 95.9 cm³/mol. The Morgan fingerprint density at radius 1 is 1.48 bits per heavy atom. The van der Waals surface area contributed by atoms with Gasteiger partial charge in [-0.25, -0.2) is 4.39 Å². The minimum Gasteiger partial charge on any atom is -0.467 e. The van der Waals surface area contributed by atoms with Crippen molar-refractivity contribution >= 4 is 39.3 Å². The normalized spacial score (nSPS) is 12.1. The molecule has 25 heavy (non-hydrogen) atoms. The number of thioether (sulfide) groups is 1. The fourth-order valence-electron chi connectivity index (χ4n) is 2.05. The second kappa shape index (κ2) is 7.83. The number of nitrogens with zero attached hydrogens (tertiary/aromatic N) is 3. The Kier molecular flexibility index (Phi) is 5.54. The number of carbonyl (C=O) groups is 1. The maximum Gasteiger partial charge on any atom is 0.237 e. The molecule has 6 nitrogen and oxygen atoms in total. The van der Waals surface area contributed by atoms with E-state index in [9.17, 15) is 9.18 Å².